The minimum absolute atomic E-state index is 0.0794. The van der Waals surface area contributed by atoms with Crippen molar-refractivity contribution < 1.29 is 23.9 Å². The molecule has 2 aliphatic rings. The van der Waals surface area contributed by atoms with Gasteiger partial charge in [0.25, 0.3) is 17.7 Å². The van der Waals surface area contributed by atoms with Gasteiger partial charge in [-0.3, -0.25) is 24.1 Å². The highest BCUT2D eigenvalue weighted by molar-refractivity contribution is 6.22. The summed E-state index contributed by atoms with van der Waals surface area (Å²) >= 11 is 0. The molecule has 2 aromatic rings. The van der Waals surface area contributed by atoms with Crippen LogP contribution in [-0.2, 0) is 16.1 Å². The molecule has 0 saturated heterocycles. The monoisotopic (exact) mass is 434 g/mol. The van der Waals surface area contributed by atoms with E-state index < -0.39 is 11.9 Å². The highest BCUT2D eigenvalue weighted by Crippen LogP contribution is 2.31. The number of methoxy groups -OCH3 is 1. The van der Waals surface area contributed by atoms with Crippen LogP contribution in [0.15, 0.2) is 48.5 Å². The summed E-state index contributed by atoms with van der Waals surface area (Å²) in [5.41, 5.74) is 1.71. The first-order valence-corrected chi connectivity index (χ1v) is 10.9. The smallest absolute Gasteiger partial charge is 0.325 e. The van der Waals surface area contributed by atoms with Crippen LogP contribution in [0.2, 0.25) is 0 Å². The average Bonchev–Trinajstić information content (AvgIpc) is 3.08. The summed E-state index contributed by atoms with van der Waals surface area (Å²) in [4.78, 5) is 53.9. The molecule has 0 bridgehead atoms. The molecule has 1 aliphatic carbocycles. The van der Waals surface area contributed by atoms with Gasteiger partial charge in [0, 0.05) is 18.2 Å². The second-order valence-electron chi connectivity index (χ2n) is 8.26. The molecule has 0 N–H and O–H groups in total. The van der Waals surface area contributed by atoms with E-state index in [2.05, 4.69) is 0 Å². The van der Waals surface area contributed by atoms with Crippen molar-refractivity contribution in [2.75, 3.05) is 13.7 Å². The van der Waals surface area contributed by atoms with E-state index in [0.717, 1.165) is 37.7 Å². The summed E-state index contributed by atoms with van der Waals surface area (Å²) in [6, 6.07) is 13.8. The van der Waals surface area contributed by atoms with E-state index in [1.807, 2.05) is 30.3 Å². The Kier molecular flexibility index (Phi) is 6.35. The first kappa shape index (κ1) is 21.7. The first-order chi connectivity index (χ1) is 15.5. The van der Waals surface area contributed by atoms with Crippen molar-refractivity contribution in [2.24, 2.45) is 0 Å². The molecule has 4 rings (SSSR count). The number of carbonyl (C=O) groups excluding carboxylic acids is 4. The van der Waals surface area contributed by atoms with E-state index in [-0.39, 0.29) is 42.1 Å². The number of ether oxygens (including phenoxy) is 1. The lowest BCUT2D eigenvalue weighted by molar-refractivity contribution is -0.141. The molecule has 1 saturated carbocycles. The van der Waals surface area contributed by atoms with Gasteiger partial charge in [-0.2, -0.15) is 0 Å². The van der Waals surface area contributed by atoms with Gasteiger partial charge in [0.15, 0.2) is 0 Å². The largest absolute Gasteiger partial charge is 0.468 e. The second-order valence-corrected chi connectivity index (χ2v) is 8.26. The third-order valence-electron chi connectivity index (χ3n) is 6.16. The predicted molar refractivity (Wildman–Crippen MR) is 117 cm³/mol. The van der Waals surface area contributed by atoms with Crippen molar-refractivity contribution in [1.29, 1.82) is 0 Å². The van der Waals surface area contributed by atoms with Crippen molar-refractivity contribution in [3.63, 3.8) is 0 Å². The van der Waals surface area contributed by atoms with Gasteiger partial charge in [0.05, 0.1) is 18.2 Å². The van der Waals surface area contributed by atoms with Crippen LogP contribution < -0.4 is 0 Å². The van der Waals surface area contributed by atoms with Gasteiger partial charge in [0.1, 0.15) is 6.54 Å². The number of fused-ring (bicyclic) bond motifs is 1. The van der Waals surface area contributed by atoms with Crippen LogP contribution in [0.5, 0.6) is 0 Å². The van der Waals surface area contributed by atoms with Crippen molar-refractivity contribution >= 4 is 23.7 Å². The number of benzene rings is 2. The van der Waals surface area contributed by atoms with Crippen molar-refractivity contribution in [1.82, 2.24) is 9.80 Å². The molecule has 166 valence electrons. The molecule has 1 aliphatic heterocycles. The van der Waals surface area contributed by atoms with Gasteiger partial charge in [-0.15, -0.1) is 0 Å². The average molecular weight is 434 g/mol. The van der Waals surface area contributed by atoms with E-state index >= 15 is 0 Å². The Morgan fingerprint density at radius 1 is 0.969 bits per heavy atom. The van der Waals surface area contributed by atoms with Gasteiger partial charge in [-0.05, 0) is 36.6 Å². The molecule has 0 aromatic heterocycles. The number of nitrogens with zero attached hydrogens (tertiary/aromatic N) is 2. The van der Waals surface area contributed by atoms with Crippen LogP contribution in [-0.4, -0.2) is 53.2 Å². The fourth-order valence-electron chi connectivity index (χ4n) is 4.47. The van der Waals surface area contributed by atoms with Crippen LogP contribution in [0.1, 0.15) is 68.7 Å². The first-order valence-electron chi connectivity index (χ1n) is 10.9. The van der Waals surface area contributed by atoms with Crippen molar-refractivity contribution in [3.8, 4) is 0 Å². The predicted octanol–water partition coefficient (Wildman–Crippen LogP) is 3.43. The second kappa shape index (κ2) is 9.34. The minimum atomic E-state index is -0.537. The van der Waals surface area contributed by atoms with Crippen molar-refractivity contribution in [3.05, 3.63) is 70.8 Å². The van der Waals surface area contributed by atoms with Crippen molar-refractivity contribution in [2.45, 2.75) is 44.7 Å². The number of amides is 3. The quantitative estimate of drug-likeness (QED) is 0.514. The lowest BCUT2D eigenvalue weighted by atomic mass is 9.94. The molecule has 2 aromatic carbocycles. The maximum absolute atomic E-state index is 13.3. The number of imide groups is 1. The van der Waals surface area contributed by atoms with E-state index in [1.54, 1.807) is 12.1 Å². The molecule has 32 heavy (non-hydrogen) atoms. The molecule has 1 fully saturated rings. The Bertz CT molecular complexity index is 1040. The maximum atomic E-state index is 13.3. The summed E-state index contributed by atoms with van der Waals surface area (Å²) in [7, 11) is 1.27. The summed E-state index contributed by atoms with van der Waals surface area (Å²) < 4.78 is 4.75. The molecule has 0 spiro atoms. The van der Waals surface area contributed by atoms with Crippen LogP contribution in [0.3, 0.4) is 0 Å². The van der Waals surface area contributed by atoms with Gasteiger partial charge in [-0.25, -0.2) is 0 Å². The molecule has 0 atom stereocenters. The third kappa shape index (κ3) is 4.28. The fourth-order valence-corrected chi connectivity index (χ4v) is 4.47. The Balaban J connectivity index is 1.60. The number of carbonyl (C=O) groups is 4. The summed E-state index contributed by atoms with van der Waals surface area (Å²) in [6.45, 7) is -0.00464. The van der Waals surface area contributed by atoms with Gasteiger partial charge in [-0.1, -0.05) is 49.6 Å². The summed E-state index contributed by atoms with van der Waals surface area (Å²) in [5, 5.41) is 0. The number of esters is 1. The van der Waals surface area contributed by atoms with Crippen LogP contribution >= 0.6 is 0 Å². The summed E-state index contributed by atoms with van der Waals surface area (Å²) in [5.74, 6) is -1.57. The SMILES string of the molecule is COC(=O)CN(Cc1ccccc1)C(=O)c1ccc2c(c1)C(=O)N(C1CCCCC1)C2=O. The molecule has 0 radical (unpaired) electrons. The highest BCUT2D eigenvalue weighted by atomic mass is 16.5. The Morgan fingerprint density at radius 3 is 2.34 bits per heavy atom. The minimum Gasteiger partial charge on any atom is -0.468 e. The van der Waals surface area contributed by atoms with E-state index in [0.29, 0.717) is 5.56 Å². The molecular weight excluding hydrogens is 408 g/mol. The van der Waals surface area contributed by atoms with E-state index in [1.165, 1.54) is 23.0 Å². The van der Waals surface area contributed by atoms with Gasteiger partial charge in [0.2, 0.25) is 0 Å². The topological polar surface area (TPSA) is 84.0 Å². The highest BCUT2D eigenvalue weighted by Gasteiger charge is 2.40. The van der Waals surface area contributed by atoms with Crippen LogP contribution in [0.25, 0.3) is 0 Å². The third-order valence-corrected chi connectivity index (χ3v) is 6.16. The molecule has 3 amide bonds. The zero-order valence-electron chi connectivity index (χ0n) is 18.1. The number of hydrogen-bond donors (Lipinski definition) is 0. The molecule has 1 heterocycles. The molecule has 7 nitrogen and oxygen atoms in total. The number of rotatable bonds is 6. The number of hydrogen-bond acceptors (Lipinski definition) is 5. The van der Waals surface area contributed by atoms with Gasteiger partial charge < -0.3 is 9.64 Å². The normalized spacial score (nSPS) is 16.1. The lowest BCUT2D eigenvalue weighted by Crippen LogP contribution is -2.40. The van der Waals surface area contributed by atoms with Gasteiger partial charge >= 0.3 is 5.97 Å². The fraction of sp³-hybridized carbons (Fsp3) is 0.360. The van der Waals surface area contributed by atoms with Crippen LogP contribution in [0.4, 0.5) is 0 Å². The van der Waals surface area contributed by atoms with Crippen LogP contribution in [0, 0.1) is 0 Å². The Morgan fingerprint density at radius 2 is 1.66 bits per heavy atom. The summed E-state index contributed by atoms with van der Waals surface area (Å²) in [6.07, 6.45) is 4.77. The molecule has 0 unspecified atom stereocenters. The standard InChI is InChI=1S/C25H26N2O5/c1-32-22(28)16-26(15-17-8-4-2-5-9-17)23(29)18-12-13-20-21(14-18)25(31)27(24(20)30)19-10-6-3-7-11-19/h2,4-5,8-9,12-14,19H,3,6-7,10-11,15-16H2,1H3. The lowest BCUT2D eigenvalue weighted by Gasteiger charge is -2.29. The maximum Gasteiger partial charge on any atom is 0.325 e. The zero-order valence-corrected chi connectivity index (χ0v) is 18.1. The molecular formula is C25H26N2O5. The Labute approximate surface area is 187 Å². The zero-order chi connectivity index (χ0) is 22.7. The van der Waals surface area contributed by atoms with E-state index in [4.69, 9.17) is 4.74 Å². The Hall–Kier alpha value is -3.48. The van der Waals surface area contributed by atoms with E-state index in [9.17, 15) is 19.2 Å². The molecule has 7 heteroatoms.